The van der Waals surface area contributed by atoms with E-state index in [0.717, 1.165) is 59.0 Å². The number of aromatic nitrogens is 2. The van der Waals surface area contributed by atoms with Gasteiger partial charge in [-0.1, -0.05) is 111 Å². The smallest absolute Gasteiger partial charge is 0.248 e. The molecule has 5 aromatic carbocycles. The Morgan fingerprint density at radius 1 is 0.723 bits per heavy atom. The minimum Gasteiger partial charge on any atom is -0.366 e. The monoisotopic (exact) mass is 663 g/mol. The van der Waals surface area contributed by atoms with Crippen molar-refractivity contribution in [2.45, 2.75) is 55.2 Å². The summed E-state index contributed by atoms with van der Waals surface area (Å²) in [6.07, 6.45) is 6.74. The Kier molecular flexibility index (Phi) is 12.6. The molecule has 8 heteroatoms. The molecule has 1 aromatic heterocycles. The summed E-state index contributed by atoms with van der Waals surface area (Å²) < 4.78 is 27.6. The highest BCUT2D eigenvalue weighted by molar-refractivity contribution is 7.91. The van der Waals surface area contributed by atoms with Crippen molar-refractivity contribution >= 4 is 40.3 Å². The molecule has 0 aliphatic heterocycles. The Labute approximate surface area is 284 Å². The minimum absolute atomic E-state index is 0. The van der Waals surface area contributed by atoms with E-state index in [4.69, 9.17) is 5.73 Å². The van der Waals surface area contributed by atoms with Crippen molar-refractivity contribution in [3.63, 3.8) is 0 Å². The summed E-state index contributed by atoms with van der Waals surface area (Å²) in [7, 11) is -3.79. The highest BCUT2D eigenvalue weighted by Crippen LogP contribution is 2.32. The summed E-state index contributed by atoms with van der Waals surface area (Å²) >= 11 is 0. The van der Waals surface area contributed by atoms with Gasteiger partial charge >= 0.3 is 0 Å². The number of rotatable bonds is 11. The first-order valence-electron chi connectivity index (χ1n) is 15.7. The summed E-state index contributed by atoms with van der Waals surface area (Å²) in [6, 6.07) is 37.8. The van der Waals surface area contributed by atoms with Crippen LogP contribution >= 0.6 is 13.5 Å². The maximum atomic E-state index is 13.8. The first-order chi connectivity index (χ1) is 22.4. The van der Waals surface area contributed by atoms with Gasteiger partial charge in [-0.3, -0.25) is 4.79 Å². The number of amides is 1. The molecule has 0 bridgehead atoms. The van der Waals surface area contributed by atoms with Gasteiger partial charge in [0.05, 0.1) is 27.2 Å². The number of aromatic amines is 1. The van der Waals surface area contributed by atoms with Crippen molar-refractivity contribution in [3.05, 3.63) is 150 Å². The standard InChI is InChI=1S/C32H33NO3S.C7H6N2.H2S/c1-2-3-4-11-16-28-29(32(33)34)21-22-31(37(35,36)27-14-9-6-10-15-27)30(28)23-24-17-19-26(20-18-24)25-12-7-5-8-13-25;1-2-4-7-6(3-1)8-5-9-7;/h5-10,12-15,17-22H,2-4,11,16,23H2,1H3,(H2,33,34);1-5H,(H,8,9);1H2. The molecule has 0 saturated heterocycles. The fourth-order valence-electron chi connectivity index (χ4n) is 5.62. The number of H-pyrrole nitrogens is 1. The van der Waals surface area contributed by atoms with Crippen LogP contribution in [0.15, 0.2) is 137 Å². The van der Waals surface area contributed by atoms with Gasteiger partial charge in [-0.25, -0.2) is 13.4 Å². The summed E-state index contributed by atoms with van der Waals surface area (Å²) in [5.74, 6) is -0.533. The van der Waals surface area contributed by atoms with Crippen LogP contribution in [0.2, 0.25) is 0 Å². The largest absolute Gasteiger partial charge is 0.366 e. The quantitative estimate of drug-likeness (QED) is 0.135. The van der Waals surface area contributed by atoms with Crippen LogP contribution in [-0.2, 0) is 22.7 Å². The lowest BCUT2D eigenvalue weighted by Gasteiger charge is -2.19. The predicted molar refractivity (Wildman–Crippen MR) is 196 cm³/mol. The van der Waals surface area contributed by atoms with Crippen LogP contribution in [0.4, 0.5) is 0 Å². The normalized spacial score (nSPS) is 10.9. The van der Waals surface area contributed by atoms with E-state index in [-0.39, 0.29) is 23.3 Å². The second-order valence-corrected chi connectivity index (χ2v) is 13.1. The molecule has 0 saturated carbocycles. The van der Waals surface area contributed by atoms with Crippen LogP contribution in [0.5, 0.6) is 0 Å². The molecule has 0 atom stereocenters. The third kappa shape index (κ3) is 8.78. The number of primary amides is 1. The molecule has 0 spiro atoms. The third-order valence-corrected chi connectivity index (χ3v) is 9.90. The average molecular weight is 664 g/mol. The van der Waals surface area contributed by atoms with Crippen LogP contribution in [-0.4, -0.2) is 24.3 Å². The number of fused-ring (bicyclic) bond motifs is 1. The number of imidazole rings is 1. The molecule has 242 valence electrons. The lowest BCUT2D eigenvalue weighted by Crippen LogP contribution is -2.18. The van der Waals surface area contributed by atoms with E-state index in [9.17, 15) is 13.2 Å². The van der Waals surface area contributed by atoms with Crippen LogP contribution in [0.25, 0.3) is 22.2 Å². The number of nitrogens with zero attached hydrogens (tertiary/aromatic N) is 1. The van der Waals surface area contributed by atoms with Crippen molar-refractivity contribution in [1.82, 2.24) is 9.97 Å². The van der Waals surface area contributed by atoms with Gasteiger partial charge in [0, 0.05) is 5.56 Å². The highest BCUT2D eigenvalue weighted by Gasteiger charge is 2.26. The van der Waals surface area contributed by atoms with Crippen molar-refractivity contribution in [1.29, 1.82) is 0 Å². The topological polar surface area (TPSA) is 106 Å². The molecule has 6 nitrogen and oxygen atoms in total. The van der Waals surface area contributed by atoms with E-state index < -0.39 is 15.7 Å². The molecule has 3 N–H and O–H groups in total. The fraction of sp³-hybridized carbons (Fsp3) is 0.179. The molecule has 47 heavy (non-hydrogen) atoms. The molecule has 0 fully saturated rings. The van der Waals surface area contributed by atoms with E-state index in [1.807, 2.05) is 54.6 Å². The number of carbonyl (C=O) groups is 1. The summed E-state index contributed by atoms with van der Waals surface area (Å²) in [4.78, 5) is 20.0. The lowest BCUT2D eigenvalue weighted by atomic mass is 9.91. The number of sulfone groups is 1. The number of para-hydroxylation sites is 2. The van der Waals surface area contributed by atoms with Gasteiger partial charge in [0.1, 0.15) is 0 Å². The summed E-state index contributed by atoms with van der Waals surface area (Å²) in [5.41, 5.74) is 12.9. The van der Waals surface area contributed by atoms with Gasteiger partial charge < -0.3 is 10.7 Å². The predicted octanol–water partition coefficient (Wildman–Crippen LogP) is 8.67. The number of unbranched alkanes of at least 4 members (excludes halogenated alkanes) is 3. The molecule has 1 amide bonds. The number of nitrogens with two attached hydrogens (primary N) is 1. The molecule has 0 aliphatic carbocycles. The zero-order valence-corrected chi connectivity index (χ0v) is 28.3. The summed E-state index contributed by atoms with van der Waals surface area (Å²) in [5, 5.41) is 0. The van der Waals surface area contributed by atoms with Crippen molar-refractivity contribution in [3.8, 4) is 11.1 Å². The molecule has 6 rings (SSSR count). The van der Waals surface area contributed by atoms with Gasteiger partial charge in [0.25, 0.3) is 0 Å². The van der Waals surface area contributed by atoms with Gasteiger partial charge in [0.2, 0.25) is 15.7 Å². The Balaban J connectivity index is 0.000000426. The number of benzene rings is 5. The fourth-order valence-corrected chi connectivity index (χ4v) is 7.15. The van der Waals surface area contributed by atoms with Crippen LogP contribution in [0.3, 0.4) is 0 Å². The average Bonchev–Trinajstić information content (AvgIpc) is 3.57. The Hall–Kier alpha value is -4.66. The van der Waals surface area contributed by atoms with Crippen molar-refractivity contribution < 1.29 is 13.2 Å². The third-order valence-electron chi connectivity index (χ3n) is 8.05. The molecule has 1 heterocycles. The maximum Gasteiger partial charge on any atom is 0.248 e. The number of hydrogen-bond acceptors (Lipinski definition) is 4. The lowest BCUT2D eigenvalue weighted by molar-refractivity contribution is 0.0999. The van der Waals surface area contributed by atoms with Crippen LogP contribution < -0.4 is 5.73 Å². The SMILES string of the molecule is CCCCCCc1c(C(N)=O)ccc(S(=O)(=O)c2ccccc2)c1Cc1ccc(-c2ccccc2)cc1.S.c1ccc2[nH]cnc2c1. The maximum absolute atomic E-state index is 13.8. The van der Waals surface area contributed by atoms with Crippen LogP contribution in [0, 0.1) is 0 Å². The Morgan fingerprint density at radius 2 is 1.36 bits per heavy atom. The van der Waals surface area contributed by atoms with Crippen LogP contribution in [0.1, 0.15) is 59.7 Å². The van der Waals surface area contributed by atoms with E-state index in [1.54, 1.807) is 48.8 Å². The van der Waals surface area contributed by atoms with Gasteiger partial charge in [-0.2, -0.15) is 13.5 Å². The number of carbonyl (C=O) groups excluding carboxylic acids is 1. The van der Waals surface area contributed by atoms with E-state index in [2.05, 4.69) is 41.2 Å². The van der Waals surface area contributed by atoms with Gasteiger partial charge in [0.15, 0.2) is 0 Å². The van der Waals surface area contributed by atoms with Gasteiger partial charge in [-0.15, -0.1) is 0 Å². The highest BCUT2D eigenvalue weighted by atomic mass is 32.2. The molecule has 0 radical (unpaired) electrons. The first kappa shape index (κ1) is 35.2. The molecule has 0 aliphatic rings. The first-order valence-corrected chi connectivity index (χ1v) is 17.1. The zero-order valence-electron chi connectivity index (χ0n) is 26.5. The van der Waals surface area contributed by atoms with Crippen molar-refractivity contribution in [2.75, 3.05) is 0 Å². The molecular weight excluding hydrogens is 623 g/mol. The zero-order chi connectivity index (χ0) is 32.4. The molecular formula is C39H41N3O3S2. The molecule has 0 unspecified atom stereocenters. The van der Waals surface area contributed by atoms with E-state index in [0.29, 0.717) is 24.0 Å². The second kappa shape index (κ2) is 16.8. The Morgan fingerprint density at radius 3 is 2.02 bits per heavy atom. The Bertz CT molecular complexity index is 1960. The second-order valence-electron chi connectivity index (χ2n) is 11.2. The molecule has 6 aromatic rings. The minimum atomic E-state index is -3.79. The summed E-state index contributed by atoms with van der Waals surface area (Å²) in [6.45, 7) is 2.15. The van der Waals surface area contributed by atoms with E-state index in [1.165, 1.54) is 0 Å². The van der Waals surface area contributed by atoms with E-state index >= 15 is 0 Å². The number of nitrogens with one attached hydrogen (secondary N) is 1. The van der Waals surface area contributed by atoms with Gasteiger partial charge in [-0.05, 0) is 83.5 Å². The number of hydrogen-bond donors (Lipinski definition) is 2. The van der Waals surface area contributed by atoms with Crippen molar-refractivity contribution in [2.24, 2.45) is 5.73 Å².